The molecule has 0 radical (unpaired) electrons. The molecule has 2 rings (SSSR count). The van der Waals surface area contributed by atoms with Crippen molar-refractivity contribution < 1.29 is 4.74 Å². The van der Waals surface area contributed by atoms with Gasteiger partial charge in [0.15, 0.2) is 0 Å². The van der Waals surface area contributed by atoms with Crippen molar-refractivity contribution in [2.75, 3.05) is 6.61 Å². The average molecular weight is 275 g/mol. The van der Waals surface area contributed by atoms with E-state index in [1.165, 1.54) is 43.2 Å². The molecule has 112 valence electrons. The Kier molecular flexibility index (Phi) is 5.90. The lowest BCUT2D eigenvalue weighted by Gasteiger charge is -2.23. The minimum absolute atomic E-state index is 0.502. The predicted octanol–water partition coefficient (Wildman–Crippen LogP) is 4.45. The van der Waals surface area contributed by atoms with Crippen LogP contribution in [0.15, 0.2) is 18.2 Å². The molecule has 2 nitrogen and oxygen atoms in total. The molecule has 1 aromatic rings. The Morgan fingerprint density at radius 1 is 1.20 bits per heavy atom. The van der Waals surface area contributed by atoms with E-state index in [4.69, 9.17) is 4.74 Å². The van der Waals surface area contributed by atoms with Crippen molar-refractivity contribution in [1.29, 1.82) is 0 Å². The molecule has 1 fully saturated rings. The maximum Gasteiger partial charge on any atom is 0.126 e. The second-order valence-electron chi connectivity index (χ2n) is 6.41. The number of ether oxygens (including phenoxy) is 1. The summed E-state index contributed by atoms with van der Waals surface area (Å²) in [7, 11) is 0. The van der Waals surface area contributed by atoms with E-state index in [-0.39, 0.29) is 0 Å². The van der Waals surface area contributed by atoms with Crippen LogP contribution in [0.25, 0.3) is 0 Å². The van der Waals surface area contributed by atoms with Crippen molar-refractivity contribution in [3.8, 4) is 5.75 Å². The molecule has 0 spiro atoms. The number of nitrogens with one attached hydrogen (secondary N) is 1. The van der Waals surface area contributed by atoms with E-state index in [0.29, 0.717) is 6.04 Å². The van der Waals surface area contributed by atoms with E-state index in [2.05, 4.69) is 44.3 Å². The van der Waals surface area contributed by atoms with Crippen LogP contribution in [0, 0.1) is 12.8 Å². The first-order valence-electron chi connectivity index (χ1n) is 8.11. The third kappa shape index (κ3) is 4.52. The van der Waals surface area contributed by atoms with Gasteiger partial charge in [0.05, 0.1) is 6.61 Å². The van der Waals surface area contributed by atoms with E-state index in [1.54, 1.807) is 0 Å². The topological polar surface area (TPSA) is 21.3 Å². The maximum atomic E-state index is 6.20. The van der Waals surface area contributed by atoms with Gasteiger partial charge in [-0.15, -0.1) is 0 Å². The Bertz CT molecular complexity index is 408. The maximum absolute atomic E-state index is 6.20. The van der Waals surface area contributed by atoms with Gasteiger partial charge in [-0.05, 0) is 31.2 Å². The Labute approximate surface area is 123 Å². The molecule has 20 heavy (non-hydrogen) atoms. The summed E-state index contributed by atoms with van der Waals surface area (Å²) in [5.74, 6) is 1.86. The zero-order valence-electron chi connectivity index (χ0n) is 13.2. The lowest BCUT2D eigenvalue weighted by Crippen LogP contribution is -2.23. The van der Waals surface area contributed by atoms with Gasteiger partial charge in [0, 0.05) is 18.2 Å². The Morgan fingerprint density at radius 3 is 2.65 bits per heavy atom. The minimum Gasteiger partial charge on any atom is -0.493 e. The normalized spacial score (nSPS) is 16.6. The molecular formula is C18H29NO. The van der Waals surface area contributed by atoms with Gasteiger partial charge in [-0.2, -0.15) is 0 Å². The zero-order valence-corrected chi connectivity index (χ0v) is 13.2. The minimum atomic E-state index is 0.502. The summed E-state index contributed by atoms with van der Waals surface area (Å²) in [6, 6.07) is 6.95. The monoisotopic (exact) mass is 275 g/mol. The van der Waals surface area contributed by atoms with E-state index in [1.807, 2.05) is 0 Å². The number of hydrogen-bond donors (Lipinski definition) is 1. The third-order valence-electron chi connectivity index (χ3n) is 4.18. The molecule has 1 aromatic carbocycles. The number of aryl methyl sites for hydroxylation is 1. The number of hydrogen-bond acceptors (Lipinski definition) is 2. The molecule has 0 aliphatic heterocycles. The van der Waals surface area contributed by atoms with Crippen LogP contribution < -0.4 is 10.1 Å². The van der Waals surface area contributed by atoms with Gasteiger partial charge in [0.1, 0.15) is 5.75 Å². The van der Waals surface area contributed by atoms with Crippen molar-refractivity contribution in [3.05, 3.63) is 29.3 Å². The molecule has 0 amide bonds. The fraction of sp³-hybridized carbons (Fsp3) is 0.667. The summed E-state index contributed by atoms with van der Waals surface area (Å²) < 4.78 is 6.20. The fourth-order valence-electron chi connectivity index (χ4n) is 2.93. The first-order valence-corrected chi connectivity index (χ1v) is 8.11. The quantitative estimate of drug-likeness (QED) is 0.828. The summed E-state index contributed by atoms with van der Waals surface area (Å²) in [5, 5.41) is 3.49. The summed E-state index contributed by atoms with van der Waals surface area (Å²) in [6.45, 7) is 8.28. The molecule has 0 aromatic heterocycles. The highest BCUT2D eigenvalue weighted by Gasteiger charge is 2.15. The largest absolute Gasteiger partial charge is 0.493 e. The van der Waals surface area contributed by atoms with Crippen LogP contribution in [0.4, 0.5) is 0 Å². The highest BCUT2D eigenvalue weighted by Crippen LogP contribution is 2.28. The van der Waals surface area contributed by atoms with Crippen LogP contribution in [-0.4, -0.2) is 12.6 Å². The van der Waals surface area contributed by atoms with Crippen LogP contribution in [0.3, 0.4) is 0 Å². The highest BCUT2D eigenvalue weighted by molar-refractivity contribution is 5.40. The molecule has 0 atom stereocenters. The number of benzene rings is 1. The van der Waals surface area contributed by atoms with E-state index < -0.39 is 0 Å². The average Bonchev–Trinajstić information content (AvgIpc) is 2.45. The van der Waals surface area contributed by atoms with Crippen LogP contribution in [0.2, 0.25) is 0 Å². The summed E-state index contributed by atoms with van der Waals surface area (Å²) >= 11 is 0. The van der Waals surface area contributed by atoms with E-state index in [9.17, 15) is 0 Å². The van der Waals surface area contributed by atoms with Gasteiger partial charge >= 0.3 is 0 Å². The molecule has 1 N–H and O–H groups in total. The van der Waals surface area contributed by atoms with Crippen LogP contribution in [0.5, 0.6) is 5.75 Å². The lowest BCUT2D eigenvalue weighted by atomic mass is 9.90. The fourth-order valence-corrected chi connectivity index (χ4v) is 2.93. The van der Waals surface area contributed by atoms with E-state index >= 15 is 0 Å². The van der Waals surface area contributed by atoms with Crippen molar-refractivity contribution in [2.24, 2.45) is 5.92 Å². The first-order chi connectivity index (χ1) is 9.66. The second-order valence-corrected chi connectivity index (χ2v) is 6.41. The Hall–Kier alpha value is -1.02. The van der Waals surface area contributed by atoms with Gasteiger partial charge in [-0.25, -0.2) is 0 Å². The molecule has 0 bridgehead atoms. The zero-order chi connectivity index (χ0) is 14.4. The Morgan fingerprint density at radius 2 is 1.95 bits per heavy atom. The third-order valence-corrected chi connectivity index (χ3v) is 4.18. The van der Waals surface area contributed by atoms with E-state index in [0.717, 1.165) is 24.8 Å². The van der Waals surface area contributed by atoms with Crippen LogP contribution in [0.1, 0.15) is 57.1 Å². The molecule has 2 heteroatoms. The smallest absolute Gasteiger partial charge is 0.126 e. The standard InChI is InChI=1S/C18H29NO/c1-14(2)19-12-17-11-7-8-15(3)18(17)20-13-16-9-5-4-6-10-16/h7-8,11,14,16,19H,4-6,9-10,12-13H2,1-3H3. The Balaban J connectivity index is 1.97. The lowest BCUT2D eigenvalue weighted by molar-refractivity contribution is 0.206. The molecule has 1 aliphatic rings. The van der Waals surface area contributed by atoms with Gasteiger partial charge in [0.25, 0.3) is 0 Å². The molecule has 1 saturated carbocycles. The van der Waals surface area contributed by atoms with Gasteiger partial charge in [-0.1, -0.05) is 51.3 Å². The number of rotatable bonds is 6. The highest BCUT2D eigenvalue weighted by atomic mass is 16.5. The van der Waals surface area contributed by atoms with Gasteiger partial charge < -0.3 is 10.1 Å². The van der Waals surface area contributed by atoms with Crippen molar-refractivity contribution in [2.45, 2.75) is 65.5 Å². The summed E-state index contributed by atoms with van der Waals surface area (Å²) in [5.41, 5.74) is 2.54. The molecule has 0 unspecified atom stereocenters. The van der Waals surface area contributed by atoms with Crippen LogP contribution in [-0.2, 0) is 6.54 Å². The molecule has 1 aliphatic carbocycles. The first kappa shape index (κ1) is 15.4. The van der Waals surface area contributed by atoms with Crippen LogP contribution >= 0.6 is 0 Å². The summed E-state index contributed by atoms with van der Waals surface area (Å²) in [4.78, 5) is 0. The summed E-state index contributed by atoms with van der Waals surface area (Å²) in [6.07, 6.45) is 6.84. The molecule has 0 heterocycles. The number of para-hydroxylation sites is 1. The van der Waals surface area contributed by atoms with Crippen molar-refractivity contribution >= 4 is 0 Å². The SMILES string of the molecule is Cc1cccc(CNC(C)C)c1OCC1CCCCC1. The molecule has 0 saturated heterocycles. The van der Waals surface area contributed by atoms with Crippen molar-refractivity contribution in [1.82, 2.24) is 5.32 Å². The van der Waals surface area contributed by atoms with Crippen molar-refractivity contribution in [3.63, 3.8) is 0 Å². The van der Waals surface area contributed by atoms with Gasteiger partial charge in [-0.3, -0.25) is 0 Å². The second kappa shape index (κ2) is 7.68. The van der Waals surface area contributed by atoms with Gasteiger partial charge in [0.2, 0.25) is 0 Å². The predicted molar refractivity (Wildman–Crippen MR) is 85.2 cm³/mol. The molecular weight excluding hydrogens is 246 g/mol.